The van der Waals surface area contributed by atoms with Crippen molar-refractivity contribution in [1.82, 2.24) is 15.1 Å². The summed E-state index contributed by atoms with van der Waals surface area (Å²) in [5.41, 5.74) is 3.10. The normalized spacial score (nSPS) is 11.2. The van der Waals surface area contributed by atoms with Crippen LogP contribution in [0.3, 0.4) is 0 Å². The van der Waals surface area contributed by atoms with Gasteiger partial charge in [0.25, 0.3) is 0 Å². The lowest BCUT2D eigenvalue weighted by molar-refractivity contribution is 0.578. The predicted octanol–water partition coefficient (Wildman–Crippen LogP) is 3.33. The van der Waals surface area contributed by atoms with Gasteiger partial charge in [0, 0.05) is 23.8 Å². The molecule has 0 atom stereocenters. The molecule has 0 spiro atoms. The van der Waals surface area contributed by atoms with E-state index in [0.717, 1.165) is 28.5 Å². The molecule has 3 nitrogen and oxygen atoms in total. The van der Waals surface area contributed by atoms with E-state index in [2.05, 4.69) is 24.3 Å². The monoisotopic (exact) mass is 263 g/mol. The van der Waals surface area contributed by atoms with Gasteiger partial charge in [0.1, 0.15) is 0 Å². The fourth-order valence-electron chi connectivity index (χ4n) is 1.74. The van der Waals surface area contributed by atoms with Crippen molar-refractivity contribution in [3.05, 3.63) is 46.7 Å². The van der Waals surface area contributed by atoms with Crippen molar-refractivity contribution in [2.75, 3.05) is 0 Å². The summed E-state index contributed by atoms with van der Waals surface area (Å²) >= 11 is 6.12. The maximum Gasteiger partial charge on any atom is 0.0766 e. The van der Waals surface area contributed by atoms with E-state index in [-0.39, 0.29) is 0 Å². The fourth-order valence-corrected chi connectivity index (χ4v) is 1.91. The molecule has 0 aliphatic carbocycles. The van der Waals surface area contributed by atoms with Gasteiger partial charge >= 0.3 is 0 Å². The molecule has 2 rings (SSSR count). The van der Waals surface area contributed by atoms with E-state index >= 15 is 0 Å². The Morgan fingerprint density at radius 3 is 2.83 bits per heavy atom. The van der Waals surface area contributed by atoms with Crippen LogP contribution in [0.15, 0.2) is 30.5 Å². The van der Waals surface area contributed by atoms with Gasteiger partial charge in [-0.2, -0.15) is 5.10 Å². The van der Waals surface area contributed by atoms with Gasteiger partial charge in [0.15, 0.2) is 0 Å². The lowest BCUT2D eigenvalue weighted by Gasteiger charge is -2.08. The average Bonchev–Trinajstić information content (AvgIpc) is 2.78. The summed E-state index contributed by atoms with van der Waals surface area (Å²) in [6.07, 6.45) is 1.97. The standard InChI is InChI=1S/C14H18ClN3/c1-10(2)16-9-12-7-8-18(17-12)14-6-4-5-13(15)11(14)3/h4-8,10,16H,9H2,1-3H3. The van der Waals surface area contributed by atoms with E-state index in [0.29, 0.717) is 6.04 Å². The Morgan fingerprint density at radius 1 is 1.33 bits per heavy atom. The summed E-state index contributed by atoms with van der Waals surface area (Å²) in [5, 5.41) is 8.67. The lowest BCUT2D eigenvalue weighted by Crippen LogP contribution is -2.22. The van der Waals surface area contributed by atoms with Crippen LogP contribution in [0, 0.1) is 6.92 Å². The number of nitrogens with zero attached hydrogens (tertiary/aromatic N) is 2. The summed E-state index contributed by atoms with van der Waals surface area (Å²) in [4.78, 5) is 0. The quantitative estimate of drug-likeness (QED) is 0.917. The first-order valence-electron chi connectivity index (χ1n) is 6.11. The van der Waals surface area contributed by atoms with Crippen LogP contribution >= 0.6 is 11.6 Å². The van der Waals surface area contributed by atoms with Crippen LogP contribution in [0.25, 0.3) is 5.69 Å². The molecular formula is C14H18ClN3. The smallest absolute Gasteiger partial charge is 0.0766 e. The van der Waals surface area contributed by atoms with E-state index in [1.54, 1.807) is 0 Å². The van der Waals surface area contributed by atoms with Crippen molar-refractivity contribution < 1.29 is 0 Å². The van der Waals surface area contributed by atoms with Crippen LogP contribution < -0.4 is 5.32 Å². The zero-order valence-electron chi connectivity index (χ0n) is 10.9. The van der Waals surface area contributed by atoms with Gasteiger partial charge in [-0.3, -0.25) is 0 Å². The van der Waals surface area contributed by atoms with Crippen LogP contribution in [-0.2, 0) is 6.54 Å². The SMILES string of the molecule is Cc1c(Cl)cccc1-n1ccc(CNC(C)C)n1. The molecule has 18 heavy (non-hydrogen) atoms. The zero-order valence-corrected chi connectivity index (χ0v) is 11.7. The third-order valence-corrected chi connectivity index (χ3v) is 3.23. The summed E-state index contributed by atoms with van der Waals surface area (Å²) in [6.45, 7) is 7.03. The fraction of sp³-hybridized carbons (Fsp3) is 0.357. The highest BCUT2D eigenvalue weighted by Gasteiger charge is 2.06. The Morgan fingerprint density at radius 2 is 2.11 bits per heavy atom. The Labute approximate surface area is 113 Å². The molecule has 0 amide bonds. The molecule has 0 unspecified atom stereocenters. The maximum atomic E-state index is 6.12. The second kappa shape index (κ2) is 5.55. The van der Waals surface area contributed by atoms with Gasteiger partial charge in [0.05, 0.1) is 11.4 Å². The molecule has 2 aromatic rings. The summed E-state index contributed by atoms with van der Waals surface area (Å²) in [7, 11) is 0. The van der Waals surface area contributed by atoms with E-state index in [4.69, 9.17) is 11.6 Å². The van der Waals surface area contributed by atoms with Crippen LogP contribution in [0.1, 0.15) is 25.1 Å². The first-order chi connectivity index (χ1) is 8.58. The van der Waals surface area contributed by atoms with Crippen molar-refractivity contribution in [3.8, 4) is 5.69 Å². The van der Waals surface area contributed by atoms with Crippen LogP contribution in [0.5, 0.6) is 0 Å². The van der Waals surface area contributed by atoms with Crippen molar-refractivity contribution in [2.24, 2.45) is 0 Å². The first kappa shape index (κ1) is 13.1. The topological polar surface area (TPSA) is 29.9 Å². The molecule has 0 fully saturated rings. The van der Waals surface area contributed by atoms with Gasteiger partial charge in [-0.05, 0) is 30.7 Å². The number of hydrogen-bond donors (Lipinski definition) is 1. The van der Waals surface area contributed by atoms with Gasteiger partial charge in [-0.25, -0.2) is 4.68 Å². The Kier molecular flexibility index (Phi) is 4.04. The van der Waals surface area contributed by atoms with Gasteiger partial charge in [-0.1, -0.05) is 31.5 Å². The van der Waals surface area contributed by atoms with Crippen LogP contribution in [0.4, 0.5) is 0 Å². The summed E-state index contributed by atoms with van der Waals surface area (Å²) < 4.78 is 1.87. The molecule has 1 aromatic heterocycles. The molecule has 1 N–H and O–H groups in total. The molecule has 0 saturated carbocycles. The minimum atomic E-state index is 0.461. The zero-order chi connectivity index (χ0) is 13.1. The van der Waals surface area contributed by atoms with Crippen LogP contribution in [-0.4, -0.2) is 15.8 Å². The Balaban J connectivity index is 2.21. The summed E-state index contributed by atoms with van der Waals surface area (Å²) in [6, 6.07) is 8.34. The Bertz CT molecular complexity index is 532. The molecule has 0 aliphatic rings. The lowest BCUT2D eigenvalue weighted by atomic mass is 10.2. The number of hydrogen-bond acceptors (Lipinski definition) is 2. The molecule has 1 aromatic carbocycles. The van der Waals surface area contributed by atoms with Crippen molar-refractivity contribution in [2.45, 2.75) is 33.4 Å². The largest absolute Gasteiger partial charge is 0.309 e. The van der Waals surface area contributed by atoms with Crippen molar-refractivity contribution in [3.63, 3.8) is 0 Å². The third kappa shape index (κ3) is 2.92. The molecule has 0 aliphatic heterocycles. The van der Waals surface area contributed by atoms with E-state index in [9.17, 15) is 0 Å². The minimum Gasteiger partial charge on any atom is -0.309 e. The molecule has 1 heterocycles. The second-order valence-corrected chi connectivity index (χ2v) is 5.08. The number of halogens is 1. The average molecular weight is 264 g/mol. The minimum absolute atomic E-state index is 0.461. The van der Waals surface area contributed by atoms with Gasteiger partial charge < -0.3 is 5.32 Å². The molecular weight excluding hydrogens is 246 g/mol. The predicted molar refractivity (Wildman–Crippen MR) is 75.3 cm³/mol. The third-order valence-electron chi connectivity index (χ3n) is 2.82. The number of nitrogens with one attached hydrogen (secondary N) is 1. The Hall–Kier alpha value is -1.32. The molecule has 4 heteroatoms. The number of aromatic nitrogens is 2. The molecule has 96 valence electrons. The van der Waals surface area contributed by atoms with E-state index < -0.39 is 0 Å². The molecule has 0 radical (unpaired) electrons. The maximum absolute atomic E-state index is 6.12. The molecule has 0 saturated heterocycles. The van der Waals surface area contributed by atoms with Gasteiger partial charge in [0.2, 0.25) is 0 Å². The van der Waals surface area contributed by atoms with E-state index in [1.165, 1.54) is 0 Å². The second-order valence-electron chi connectivity index (χ2n) is 4.67. The number of rotatable bonds is 4. The highest BCUT2D eigenvalue weighted by Crippen LogP contribution is 2.21. The highest BCUT2D eigenvalue weighted by molar-refractivity contribution is 6.31. The van der Waals surface area contributed by atoms with Crippen molar-refractivity contribution >= 4 is 11.6 Å². The first-order valence-corrected chi connectivity index (χ1v) is 6.49. The van der Waals surface area contributed by atoms with Gasteiger partial charge in [-0.15, -0.1) is 0 Å². The van der Waals surface area contributed by atoms with E-state index in [1.807, 2.05) is 42.1 Å². The number of benzene rings is 1. The highest BCUT2D eigenvalue weighted by atomic mass is 35.5. The molecule has 0 bridgehead atoms. The summed E-state index contributed by atoms with van der Waals surface area (Å²) in [5.74, 6) is 0. The van der Waals surface area contributed by atoms with Crippen LogP contribution in [0.2, 0.25) is 5.02 Å². The van der Waals surface area contributed by atoms with Crippen molar-refractivity contribution in [1.29, 1.82) is 0 Å².